The Morgan fingerprint density at radius 3 is 1.94 bits per heavy atom. The molecule has 4 atom stereocenters. The minimum Gasteiger partial charge on any atom is -0.391 e. The van der Waals surface area contributed by atoms with Crippen LogP contribution >= 0.6 is 0 Å². The van der Waals surface area contributed by atoms with Gasteiger partial charge in [0.2, 0.25) is 0 Å². The van der Waals surface area contributed by atoms with Gasteiger partial charge in [0.15, 0.2) is 0 Å². The lowest BCUT2D eigenvalue weighted by atomic mass is 9.82. The van der Waals surface area contributed by atoms with Gasteiger partial charge in [0.05, 0.1) is 6.10 Å². The van der Waals surface area contributed by atoms with Gasteiger partial charge in [-0.05, 0) is 37.5 Å². The van der Waals surface area contributed by atoms with E-state index in [-0.39, 0.29) is 6.10 Å². The quantitative estimate of drug-likeness (QED) is 0.738. The van der Waals surface area contributed by atoms with E-state index in [2.05, 4.69) is 4.90 Å². The molecule has 1 N–H and O–H groups in total. The molecule has 92 valence electrons. The Hall–Kier alpha value is -0.0800. The number of nitrogens with zero attached hydrogens (tertiary/aromatic N) is 1. The molecule has 3 aliphatic rings. The predicted molar refractivity (Wildman–Crippen MR) is 65.3 cm³/mol. The molecule has 0 spiro atoms. The van der Waals surface area contributed by atoms with Gasteiger partial charge in [0, 0.05) is 19.1 Å². The smallest absolute Gasteiger partial charge is 0.0695 e. The molecule has 0 radical (unpaired) electrons. The summed E-state index contributed by atoms with van der Waals surface area (Å²) in [6.07, 6.45) is 10.6. The van der Waals surface area contributed by atoms with Gasteiger partial charge in [-0.25, -0.2) is 0 Å². The number of aliphatic hydroxyl groups excluding tert-OH is 1. The molecular weight excluding hydrogens is 198 g/mol. The van der Waals surface area contributed by atoms with Crippen LogP contribution in [0.1, 0.15) is 51.4 Å². The first-order valence-corrected chi connectivity index (χ1v) is 7.27. The van der Waals surface area contributed by atoms with Crippen LogP contribution in [0.3, 0.4) is 0 Å². The predicted octanol–water partition coefficient (Wildman–Crippen LogP) is 2.41. The first-order chi connectivity index (χ1) is 7.84. The fourth-order valence-electron chi connectivity index (χ4n) is 4.23. The second-order valence-electron chi connectivity index (χ2n) is 6.18. The Morgan fingerprint density at radius 2 is 1.31 bits per heavy atom. The summed E-state index contributed by atoms with van der Waals surface area (Å²) in [6, 6.07) is 0.499. The summed E-state index contributed by atoms with van der Waals surface area (Å²) in [5.41, 5.74) is 0. The normalized spacial score (nSPS) is 45.6. The van der Waals surface area contributed by atoms with Crippen molar-refractivity contribution in [1.82, 2.24) is 4.90 Å². The van der Waals surface area contributed by atoms with Gasteiger partial charge < -0.3 is 5.11 Å². The van der Waals surface area contributed by atoms with E-state index in [0.717, 1.165) is 18.3 Å². The number of hydrogen-bond donors (Lipinski definition) is 1. The highest BCUT2D eigenvalue weighted by Crippen LogP contribution is 2.38. The minimum atomic E-state index is -0.0334. The summed E-state index contributed by atoms with van der Waals surface area (Å²) in [6.45, 7) is 2.57. The van der Waals surface area contributed by atoms with Crippen LogP contribution in [0.15, 0.2) is 0 Å². The van der Waals surface area contributed by atoms with Gasteiger partial charge >= 0.3 is 0 Å². The summed E-state index contributed by atoms with van der Waals surface area (Å²) in [4.78, 5) is 2.63. The Labute approximate surface area is 99.0 Å². The standard InChI is InChI=1S/C14H25NO/c16-14-8-4-3-7-13(14)15-9-11-5-1-2-6-12(11)10-15/h11-14,16H,1-10H2/t11-,12-,13?,14?/m1/s1. The molecule has 0 amide bonds. The summed E-state index contributed by atoms with van der Waals surface area (Å²) in [5.74, 6) is 1.92. The van der Waals surface area contributed by atoms with Crippen LogP contribution < -0.4 is 0 Å². The molecule has 2 saturated carbocycles. The van der Waals surface area contributed by atoms with Crippen LogP contribution in [0.4, 0.5) is 0 Å². The number of hydrogen-bond acceptors (Lipinski definition) is 2. The van der Waals surface area contributed by atoms with Gasteiger partial charge in [-0.1, -0.05) is 25.7 Å². The van der Waals surface area contributed by atoms with Gasteiger partial charge in [-0.15, -0.1) is 0 Å². The maximum atomic E-state index is 10.1. The molecule has 3 rings (SSSR count). The molecule has 0 bridgehead atoms. The maximum absolute atomic E-state index is 10.1. The Balaban J connectivity index is 1.63. The van der Waals surface area contributed by atoms with Crippen molar-refractivity contribution in [2.75, 3.05) is 13.1 Å². The summed E-state index contributed by atoms with van der Waals surface area (Å²) < 4.78 is 0. The molecule has 1 saturated heterocycles. The lowest BCUT2D eigenvalue weighted by molar-refractivity contribution is 0.0284. The third-order valence-corrected chi connectivity index (χ3v) is 5.17. The Bertz CT molecular complexity index is 229. The molecule has 2 heteroatoms. The van der Waals surface area contributed by atoms with Crippen LogP contribution in [0.25, 0.3) is 0 Å². The van der Waals surface area contributed by atoms with E-state index in [4.69, 9.17) is 0 Å². The van der Waals surface area contributed by atoms with Crippen molar-refractivity contribution in [3.63, 3.8) is 0 Å². The number of fused-ring (bicyclic) bond motifs is 1. The highest BCUT2D eigenvalue weighted by Gasteiger charge is 2.39. The van der Waals surface area contributed by atoms with E-state index in [9.17, 15) is 5.11 Å². The zero-order valence-electron chi connectivity index (χ0n) is 10.3. The van der Waals surface area contributed by atoms with Crippen LogP contribution in [0.2, 0.25) is 0 Å². The van der Waals surface area contributed by atoms with Crippen molar-refractivity contribution >= 4 is 0 Å². The van der Waals surface area contributed by atoms with E-state index in [0.29, 0.717) is 6.04 Å². The molecule has 1 heterocycles. The highest BCUT2D eigenvalue weighted by atomic mass is 16.3. The molecular formula is C14H25NO. The average Bonchev–Trinajstić information content (AvgIpc) is 2.73. The molecule has 0 aromatic carbocycles. The molecule has 2 nitrogen and oxygen atoms in total. The first-order valence-electron chi connectivity index (χ1n) is 7.27. The third-order valence-electron chi connectivity index (χ3n) is 5.17. The zero-order valence-corrected chi connectivity index (χ0v) is 10.3. The Kier molecular flexibility index (Phi) is 3.21. The molecule has 3 fully saturated rings. The van der Waals surface area contributed by atoms with E-state index >= 15 is 0 Å². The molecule has 0 aromatic heterocycles. The van der Waals surface area contributed by atoms with Crippen LogP contribution in [-0.4, -0.2) is 35.2 Å². The second-order valence-corrected chi connectivity index (χ2v) is 6.18. The van der Waals surface area contributed by atoms with Gasteiger partial charge in [-0.2, -0.15) is 0 Å². The molecule has 2 aliphatic carbocycles. The molecule has 0 aromatic rings. The van der Waals surface area contributed by atoms with Crippen molar-refractivity contribution in [3.05, 3.63) is 0 Å². The number of rotatable bonds is 1. The summed E-state index contributed by atoms with van der Waals surface area (Å²) in [5, 5.41) is 10.1. The largest absolute Gasteiger partial charge is 0.391 e. The Morgan fingerprint density at radius 1 is 0.750 bits per heavy atom. The van der Waals surface area contributed by atoms with Crippen molar-refractivity contribution in [3.8, 4) is 0 Å². The number of likely N-dealkylation sites (tertiary alicyclic amines) is 1. The maximum Gasteiger partial charge on any atom is 0.0695 e. The van der Waals surface area contributed by atoms with E-state index in [1.54, 1.807) is 0 Å². The van der Waals surface area contributed by atoms with Crippen molar-refractivity contribution < 1.29 is 5.11 Å². The van der Waals surface area contributed by atoms with E-state index in [1.807, 2.05) is 0 Å². The van der Waals surface area contributed by atoms with Crippen molar-refractivity contribution in [2.24, 2.45) is 11.8 Å². The van der Waals surface area contributed by atoms with Crippen molar-refractivity contribution in [1.29, 1.82) is 0 Å². The van der Waals surface area contributed by atoms with E-state index < -0.39 is 0 Å². The fourth-order valence-corrected chi connectivity index (χ4v) is 4.23. The van der Waals surface area contributed by atoms with Gasteiger partial charge in [0.1, 0.15) is 0 Å². The summed E-state index contributed by atoms with van der Waals surface area (Å²) in [7, 11) is 0. The van der Waals surface area contributed by atoms with Crippen LogP contribution in [-0.2, 0) is 0 Å². The third kappa shape index (κ3) is 2.02. The van der Waals surface area contributed by atoms with E-state index in [1.165, 1.54) is 58.0 Å². The highest BCUT2D eigenvalue weighted by molar-refractivity contribution is 4.93. The first kappa shape index (κ1) is 11.0. The minimum absolute atomic E-state index is 0.0334. The van der Waals surface area contributed by atoms with Crippen LogP contribution in [0, 0.1) is 11.8 Å². The topological polar surface area (TPSA) is 23.5 Å². The number of aliphatic hydroxyl groups is 1. The molecule has 16 heavy (non-hydrogen) atoms. The van der Waals surface area contributed by atoms with Gasteiger partial charge in [0.25, 0.3) is 0 Å². The monoisotopic (exact) mass is 223 g/mol. The lowest BCUT2D eigenvalue weighted by Crippen LogP contribution is -2.44. The average molecular weight is 223 g/mol. The zero-order chi connectivity index (χ0) is 11.0. The summed E-state index contributed by atoms with van der Waals surface area (Å²) >= 11 is 0. The molecule has 2 unspecified atom stereocenters. The van der Waals surface area contributed by atoms with Gasteiger partial charge in [-0.3, -0.25) is 4.90 Å². The van der Waals surface area contributed by atoms with Crippen molar-refractivity contribution in [2.45, 2.75) is 63.5 Å². The SMILES string of the molecule is OC1CCCCC1N1C[C@H]2CCCC[C@@H]2C1. The molecule has 1 aliphatic heterocycles. The lowest BCUT2D eigenvalue weighted by Gasteiger charge is -2.35. The fraction of sp³-hybridized carbons (Fsp3) is 1.00. The second kappa shape index (κ2) is 4.66. The van der Waals surface area contributed by atoms with Crippen LogP contribution in [0.5, 0.6) is 0 Å².